The number of hydrogen-bond donors (Lipinski definition) is 1. The SMILES string of the molecule is COCCOc1nn(-c2ccccc2)c(N)c1C. The summed E-state index contributed by atoms with van der Waals surface area (Å²) >= 11 is 0. The molecule has 5 heteroatoms. The van der Waals surface area contributed by atoms with E-state index in [9.17, 15) is 0 Å². The highest BCUT2D eigenvalue weighted by molar-refractivity contribution is 5.51. The van der Waals surface area contributed by atoms with E-state index in [1.807, 2.05) is 37.3 Å². The smallest absolute Gasteiger partial charge is 0.238 e. The minimum Gasteiger partial charge on any atom is -0.474 e. The molecule has 0 fully saturated rings. The summed E-state index contributed by atoms with van der Waals surface area (Å²) in [7, 11) is 1.63. The lowest BCUT2D eigenvalue weighted by atomic mass is 10.3. The summed E-state index contributed by atoms with van der Waals surface area (Å²) in [5.41, 5.74) is 7.79. The van der Waals surface area contributed by atoms with Crippen LogP contribution in [0.5, 0.6) is 5.88 Å². The molecule has 2 aromatic rings. The molecule has 0 bridgehead atoms. The number of anilines is 1. The third kappa shape index (κ3) is 2.46. The number of ether oxygens (including phenoxy) is 2. The predicted octanol–water partition coefficient (Wildman–Crippen LogP) is 1.79. The molecular formula is C13H17N3O2. The predicted molar refractivity (Wildman–Crippen MR) is 70.1 cm³/mol. The second-order valence-corrected chi connectivity index (χ2v) is 3.90. The minimum absolute atomic E-state index is 0.461. The van der Waals surface area contributed by atoms with Crippen molar-refractivity contribution in [3.8, 4) is 11.6 Å². The van der Waals surface area contributed by atoms with E-state index >= 15 is 0 Å². The van der Waals surface area contributed by atoms with Crippen molar-refractivity contribution in [1.82, 2.24) is 9.78 Å². The van der Waals surface area contributed by atoms with Gasteiger partial charge in [-0.3, -0.25) is 0 Å². The molecule has 0 radical (unpaired) electrons. The molecule has 0 aliphatic carbocycles. The van der Waals surface area contributed by atoms with Gasteiger partial charge >= 0.3 is 0 Å². The summed E-state index contributed by atoms with van der Waals surface area (Å²) in [5, 5.41) is 4.37. The highest BCUT2D eigenvalue weighted by Crippen LogP contribution is 2.25. The van der Waals surface area contributed by atoms with Crippen LogP contribution in [-0.4, -0.2) is 30.1 Å². The molecule has 1 aromatic heterocycles. The Hall–Kier alpha value is -2.01. The van der Waals surface area contributed by atoms with Crippen LogP contribution >= 0.6 is 0 Å². The van der Waals surface area contributed by atoms with Crippen molar-refractivity contribution in [1.29, 1.82) is 0 Å². The lowest BCUT2D eigenvalue weighted by Crippen LogP contribution is -2.05. The quantitative estimate of drug-likeness (QED) is 0.818. The summed E-state index contributed by atoms with van der Waals surface area (Å²) in [6.45, 7) is 2.88. The summed E-state index contributed by atoms with van der Waals surface area (Å²) in [6.07, 6.45) is 0. The van der Waals surface area contributed by atoms with Gasteiger partial charge in [0.15, 0.2) is 0 Å². The number of para-hydroxylation sites is 1. The van der Waals surface area contributed by atoms with Crippen LogP contribution in [0.4, 0.5) is 5.82 Å². The van der Waals surface area contributed by atoms with Gasteiger partial charge in [0.05, 0.1) is 17.9 Å². The second kappa shape index (κ2) is 5.55. The molecule has 96 valence electrons. The first-order valence-electron chi connectivity index (χ1n) is 5.76. The van der Waals surface area contributed by atoms with Crippen LogP contribution in [0.3, 0.4) is 0 Å². The van der Waals surface area contributed by atoms with Crippen LogP contribution in [0, 0.1) is 6.92 Å². The van der Waals surface area contributed by atoms with E-state index in [0.29, 0.717) is 24.9 Å². The molecule has 1 heterocycles. The first-order chi connectivity index (χ1) is 8.74. The van der Waals surface area contributed by atoms with Gasteiger partial charge in [0.25, 0.3) is 0 Å². The number of methoxy groups -OCH3 is 1. The summed E-state index contributed by atoms with van der Waals surface area (Å²) < 4.78 is 12.1. The van der Waals surface area contributed by atoms with Crippen LogP contribution in [0.15, 0.2) is 30.3 Å². The van der Waals surface area contributed by atoms with E-state index < -0.39 is 0 Å². The summed E-state index contributed by atoms with van der Waals surface area (Å²) in [4.78, 5) is 0. The largest absolute Gasteiger partial charge is 0.474 e. The van der Waals surface area contributed by atoms with Crippen LogP contribution in [0.25, 0.3) is 5.69 Å². The van der Waals surface area contributed by atoms with Crippen molar-refractivity contribution in [2.45, 2.75) is 6.92 Å². The van der Waals surface area contributed by atoms with Crippen molar-refractivity contribution in [3.05, 3.63) is 35.9 Å². The molecule has 2 rings (SSSR count). The van der Waals surface area contributed by atoms with Crippen LogP contribution in [0.2, 0.25) is 0 Å². The molecule has 18 heavy (non-hydrogen) atoms. The van der Waals surface area contributed by atoms with Crippen molar-refractivity contribution in [2.75, 3.05) is 26.1 Å². The van der Waals surface area contributed by atoms with Gasteiger partial charge in [-0.25, -0.2) is 4.68 Å². The molecule has 1 aromatic carbocycles. The molecule has 0 saturated heterocycles. The van der Waals surface area contributed by atoms with E-state index in [1.165, 1.54) is 0 Å². The van der Waals surface area contributed by atoms with Gasteiger partial charge in [0.1, 0.15) is 12.4 Å². The molecule has 0 spiro atoms. The highest BCUT2D eigenvalue weighted by Gasteiger charge is 2.13. The fourth-order valence-corrected chi connectivity index (χ4v) is 1.61. The van der Waals surface area contributed by atoms with Crippen LogP contribution < -0.4 is 10.5 Å². The zero-order valence-electron chi connectivity index (χ0n) is 10.6. The van der Waals surface area contributed by atoms with Gasteiger partial charge in [-0.1, -0.05) is 18.2 Å². The maximum absolute atomic E-state index is 6.03. The lowest BCUT2D eigenvalue weighted by molar-refractivity contribution is 0.143. The number of nitrogen functional groups attached to an aromatic ring is 1. The van der Waals surface area contributed by atoms with E-state index in [4.69, 9.17) is 15.2 Å². The average molecular weight is 247 g/mol. The first-order valence-corrected chi connectivity index (χ1v) is 5.76. The third-order valence-electron chi connectivity index (χ3n) is 2.65. The van der Waals surface area contributed by atoms with Gasteiger partial charge in [-0.05, 0) is 19.1 Å². The van der Waals surface area contributed by atoms with Crippen LogP contribution in [-0.2, 0) is 4.74 Å². The Morgan fingerprint density at radius 1 is 1.22 bits per heavy atom. The average Bonchev–Trinajstić information content (AvgIpc) is 2.68. The zero-order valence-corrected chi connectivity index (χ0v) is 10.6. The van der Waals surface area contributed by atoms with Gasteiger partial charge in [-0.2, -0.15) is 0 Å². The maximum Gasteiger partial charge on any atom is 0.238 e. The van der Waals surface area contributed by atoms with Crippen molar-refractivity contribution >= 4 is 5.82 Å². The molecule has 0 saturated carbocycles. The number of rotatable bonds is 5. The van der Waals surface area contributed by atoms with Gasteiger partial charge in [0.2, 0.25) is 5.88 Å². The Bertz CT molecular complexity index is 508. The Balaban J connectivity index is 2.25. The molecule has 0 aliphatic rings. The fourth-order valence-electron chi connectivity index (χ4n) is 1.61. The molecular weight excluding hydrogens is 230 g/mol. The van der Waals surface area contributed by atoms with E-state index in [1.54, 1.807) is 11.8 Å². The molecule has 0 amide bonds. The molecule has 2 N–H and O–H groups in total. The van der Waals surface area contributed by atoms with E-state index in [0.717, 1.165) is 11.3 Å². The first kappa shape index (κ1) is 12.4. The van der Waals surface area contributed by atoms with Crippen molar-refractivity contribution < 1.29 is 9.47 Å². The molecule has 0 aliphatic heterocycles. The van der Waals surface area contributed by atoms with E-state index in [-0.39, 0.29) is 0 Å². The number of nitrogens with two attached hydrogens (primary N) is 1. The standard InChI is InChI=1S/C13H17N3O2/c1-10-12(14)16(11-6-4-3-5-7-11)15-13(10)18-9-8-17-2/h3-7H,8-9,14H2,1-2H3. The molecule has 0 atom stereocenters. The maximum atomic E-state index is 6.03. The highest BCUT2D eigenvalue weighted by atomic mass is 16.5. The number of hydrogen-bond acceptors (Lipinski definition) is 4. The normalized spacial score (nSPS) is 10.6. The van der Waals surface area contributed by atoms with Crippen molar-refractivity contribution in [2.24, 2.45) is 0 Å². The molecule has 0 unspecified atom stereocenters. The third-order valence-corrected chi connectivity index (χ3v) is 2.65. The monoisotopic (exact) mass is 247 g/mol. The second-order valence-electron chi connectivity index (χ2n) is 3.90. The number of benzene rings is 1. The van der Waals surface area contributed by atoms with Crippen molar-refractivity contribution in [3.63, 3.8) is 0 Å². The minimum atomic E-state index is 0.461. The number of aromatic nitrogens is 2. The lowest BCUT2D eigenvalue weighted by Gasteiger charge is -2.02. The Kier molecular flexibility index (Phi) is 3.84. The number of nitrogens with zero attached hydrogens (tertiary/aromatic N) is 2. The Labute approximate surface area is 106 Å². The molecule has 5 nitrogen and oxygen atoms in total. The van der Waals surface area contributed by atoms with E-state index in [2.05, 4.69) is 5.10 Å². The van der Waals surface area contributed by atoms with Gasteiger partial charge in [-0.15, -0.1) is 5.10 Å². The fraction of sp³-hybridized carbons (Fsp3) is 0.308. The topological polar surface area (TPSA) is 62.3 Å². The van der Waals surface area contributed by atoms with Gasteiger partial charge < -0.3 is 15.2 Å². The Morgan fingerprint density at radius 3 is 2.61 bits per heavy atom. The zero-order chi connectivity index (χ0) is 13.0. The summed E-state index contributed by atoms with van der Waals surface area (Å²) in [5.74, 6) is 1.14. The van der Waals surface area contributed by atoms with Gasteiger partial charge in [0, 0.05) is 7.11 Å². The summed E-state index contributed by atoms with van der Waals surface area (Å²) in [6, 6.07) is 9.73. The Morgan fingerprint density at radius 2 is 1.94 bits per heavy atom. The van der Waals surface area contributed by atoms with Crippen LogP contribution in [0.1, 0.15) is 5.56 Å².